The summed E-state index contributed by atoms with van der Waals surface area (Å²) in [7, 11) is 0. The van der Waals surface area contributed by atoms with Crippen LogP contribution in [0.15, 0.2) is 18.2 Å². The Morgan fingerprint density at radius 3 is 2.69 bits per heavy atom. The minimum Gasteiger partial charge on any atom is -0.378 e. The standard InChI is InChI=1S/C9H9F2NS/c10-7-2-1-3-8(9(7)11)12-6-4-13-5-6/h1-3,6,12H,4-5H2. The summed E-state index contributed by atoms with van der Waals surface area (Å²) in [6.07, 6.45) is 0. The van der Waals surface area contributed by atoms with E-state index >= 15 is 0 Å². The smallest absolute Gasteiger partial charge is 0.181 e. The van der Waals surface area contributed by atoms with Crippen LogP contribution in [0.5, 0.6) is 0 Å². The molecule has 0 saturated carbocycles. The fourth-order valence-electron chi connectivity index (χ4n) is 1.15. The van der Waals surface area contributed by atoms with Crippen molar-refractivity contribution in [3.63, 3.8) is 0 Å². The zero-order valence-corrected chi connectivity index (χ0v) is 7.70. The van der Waals surface area contributed by atoms with E-state index < -0.39 is 11.6 Å². The predicted molar refractivity (Wildman–Crippen MR) is 51.1 cm³/mol. The molecule has 1 aliphatic rings. The fourth-order valence-corrected chi connectivity index (χ4v) is 1.79. The molecule has 0 aliphatic carbocycles. The molecule has 4 heteroatoms. The first-order valence-electron chi connectivity index (χ1n) is 4.05. The maximum atomic E-state index is 13.1. The Bertz CT molecular complexity index is 312. The van der Waals surface area contributed by atoms with Crippen molar-refractivity contribution >= 4 is 17.4 Å². The quantitative estimate of drug-likeness (QED) is 0.789. The van der Waals surface area contributed by atoms with Gasteiger partial charge in [0.25, 0.3) is 0 Å². The van der Waals surface area contributed by atoms with E-state index in [1.54, 1.807) is 17.8 Å². The lowest BCUT2D eigenvalue weighted by Gasteiger charge is -2.27. The summed E-state index contributed by atoms with van der Waals surface area (Å²) in [5.41, 5.74) is 0.269. The van der Waals surface area contributed by atoms with Crippen LogP contribution in [-0.4, -0.2) is 17.5 Å². The van der Waals surface area contributed by atoms with Crippen molar-refractivity contribution < 1.29 is 8.78 Å². The maximum absolute atomic E-state index is 13.1. The SMILES string of the molecule is Fc1cccc(NC2CSC2)c1F. The molecular weight excluding hydrogens is 192 g/mol. The van der Waals surface area contributed by atoms with Crippen LogP contribution in [0.4, 0.5) is 14.5 Å². The third-order valence-electron chi connectivity index (χ3n) is 1.95. The lowest BCUT2D eigenvalue weighted by molar-refractivity contribution is 0.510. The van der Waals surface area contributed by atoms with E-state index in [1.807, 2.05) is 0 Å². The summed E-state index contributed by atoms with van der Waals surface area (Å²) in [6, 6.07) is 4.48. The summed E-state index contributed by atoms with van der Waals surface area (Å²) in [6.45, 7) is 0. The van der Waals surface area contributed by atoms with Gasteiger partial charge < -0.3 is 5.32 Å². The number of hydrogen-bond acceptors (Lipinski definition) is 2. The highest BCUT2D eigenvalue weighted by Crippen LogP contribution is 2.24. The Kier molecular flexibility index (Phi) is 2.40. The molecule has 2 rings (SSSR count). The summed E-state index contributed by atoms with van der Waals surface area (Å²) in [4.78, 5) is 0. The van der Waals surface area contributed by atoms with Crippen LogP contribution in [0.2, 0.25) is 0 Å². The Labute approximate surface area is 79.5 Å². The van der Waals surface area contributed by atoms with Crippen molar-refractivity contribution in [1.29, 1.82) is 0 Å². The fraction of sp³-hybridized carbons (Fsp3) is 0.333. The molecule has 1 saturated heterocycles. The molecule has 1 fully saturated rings. The summed E-state index contributed by atoms with van der Waals surface area (Å²) < 4.78 is 25.8. The number of thioether (sulfide) groups is 1. The van der Waals surface area contributed by atoms with Gasteiger partial charge in [-0.3, -0.25) is 0 Å². The van der Waals surface area contributed by atoms with Crippen LogP contribution >= 0.6 is 11.8 Å². The highest BCUT2D eigenvalue weighted by Gasteiger charge is 2.19. The van der Waals surface area contributed by atoms with Crippen molar-refractivity contribution in [1.82, 2.24) is 0 Å². The number of benzene rings is 1. The van der Waals surface area contributed by atoms with Gasteiger partial charge in [-0.2, -0.15) is 11.8 Å². The molecule has 0 aromatic heterocycles. The van der Waals surface area contributed by atoms with Gasteiger partial charge in [0.15, 0.2) is 11.6 Å². The normalized spacial score (nSPS) is 16.8. The van der Waals surface area contributed by atoms with Crippen LogP contribution < -0.4 is 5.32 Å². The van der Waals surface area contributed by atoms with Gasteiger partial charge in [0.05, 0.1) is 5.69 Å². The largest absolute Gasteiger partial charge is 0.378 e. The molecule has 70 valence electrons. The zero-order chi connectivity index (χ0) is 9.26. The molecule has 0 spiro atoms. The highest BCUT2D eigenvalue weighted by atomic mass is 32.2. The van der Waals surface area contributed by atoms with Crippen LogP contribution in [0.1, 0.15) is 0 Å². The molecule has 13 heavy (non-hydrogen) atoms. The van der Waals surface area contributed by atoms with Crippen molar-refractivity contribution in [2.45, 2.75) is 6.04 Å². The number of nitrogens with one attached hydrogen (secondary N) is 1. The molecule has 1 aromatic carbocycles. The maximum Gasteiger partial charge on any atom is 0.181 e. The Morgan fingerprint density at radius 2 is 2.08 bits per heavy atom. The molecule has 1 N–H and O–H groups in total. The van der Waals surface area contributed by atoms with Gasteiger partial charge in [-0.15, -0.1) is 0 Å². The zero-order valence-electron chi connectivity index (χ0n) is 6.89. The van der Waals surface area contributed by atoms with Gasteiger partial charge in [0, 0.05) is 17.5 Å². The first kappa shape index (κ1) is 8.81. The van der Waals surface area contributed by atoms with E-state index in [2.05, 4.69) is 5.32 Å². The lowest BCUT2D eigenvalue weighted by atomic mass is 10.2. The molecule has 0 amide bonds. The second-order valence-corrected chi connectivity index (χ2v) is 4.06. The van der Waals surface area contributed by atoms with Crippen molar-refractivity contribution in [2.24, 2.45) is 0 Å². The topological polar surface area (TPSA) is 12.0 Å². The summed E-state index contributed by atoms with van der Waals surface area (Å²) in [5, 5.41) is 2.95. The summed E-state index contributed by atoms with van der Waals surface area (Å²) in [5.74, 6) is 0.364. The van der Waals surface area contributed by atoms with Gasteiger partial charge in [-0.25, -0.2) is 8.78 Å². The number of rotatable bonds is 2. The molecule has 0 radical (unpaired) electrons. The van der Waals surface area contributed by atoms with Gasteiger partial charge in [-0.05, 0) is 12.1 Å². The molecule has 0 unspecified atom stereocenters. The molecule has 1 aliphatic heterocycles. The van der Waals surface area contributed by atoms with E-state index in [1.165, 1.54) is 6.07 Å². The second-order valence-electron chi connectivity index (χ2n) is 2.98. The third-order valence-corrected chi connectivity index (χ3v) is 3.23. The minimum atomic E-state index is -0.794. The number of hydrogen-bond donors (Lipinski definition) is 1. The molecule has 1 aromatic rings. The lowest BCUT2D eigenvalue weighted by Crippen LogP contribution is -2.33. The highest BCUT2D eigenvalue weighted by molar-refractivity contribution is 8.00. The average molecular weight is 201 g/mol. The van der Waals surface area contributed by atoms with E-state index in [-0.39, 0.29) is 5.69 Å². The van der Waals surface area contributed by atoms with Gasteiger partial charge in [-0.1, -0.05) is 6.07 Å². The van der Waals surface area contributed by atoms with Crippen molar-refractivity contribution in [3.05, 3.63) is 29.8 Å². The Balaban J connectivity index is 2.14. The van der Waals surface area contributed by atoms with Crippen molar-refractivity contribution in [2.75, 3.05) is 16.8 Å². The second kappa shape index (κ2) is 3.54. The molecule has 0 bridgehead atoms. The first-order chi connectivity index (χ1) is 6.27. The van der Waals surface area contributed by atoms with Crippen LogP contribution in [0.3, 0.4) is 0 Å². The van der Waals surface area contributed by atoms with E-state index in [9.17, 15) is 8.78 Å². The summed E-state index contributed by atoms with van der Waals surface area (Å²) >= 11 is 1.80. The Hall–Kier alpha value is -0.770. The first-order valence-corrected chi connectivity index (χ1v) is 5.21. The average Bonchev–Trinajstić information content (AvgIpc) is 2.04. The van der Waals surface area contributed by atoms with Gasteiger partial charge >= 0.3 is 0 Å². The molecule has 1 nitrogen and oxygen atoms in total. The van der Waals surface area contributed by atoms with Crippen LogP contribution in [-0.2, 0) is 0 Å². The van der Waals surface area contributed by atoms with E-state index in [4.69, 9.17) is 0 Å². The monoisotopic (exact) mass is 201 g/mol. The van der Waals surface area contributed by atoms with Crippen molar-refractivity contribution in [3.8, 4) is 0 Å². The minimum absolute atomic E-state index is 0.269. The molecule has 1 heterocycles. The number of anilines is 1. The Morgan fingerprint density at radius 1 is 1.31 bits per heavy atom. The predicted octanol–water partition coefficient (Wildman–Crippen LogP) is 2.49. The van der Waals surface area contributed by atoms with Crippen LogP contribution in [0.25, 0.3) is 0 Å². The molecule has 0 atom stereocenters. The van der Waals surface area contributed by atoms with Gasteiger partial charge in [0.1, 0.15) is 0 Å². The van der Waals surface area contributed by atoms with E-state index in [0.717, 1.165) is 17.6 Å². The van der Waals surface area contributed by atoms with E-state index in [0.29, 0.717) is 6.04 Å². The third kappa shape index (κ3) is 1.77. The molecular formula is C9H9F2NS. The van der Waals surface area contributed by atoms with Gasteiger partial charge in [0.2, 0.25) is 0 Å². The number of halogens is 2. The van der Waals surface area contributed by atoms with Crippen LogP contribution in [0, 0.1) is 11.6 Å².